The van der Waals surface area contributed by atoms with Crippen LogP contribution in [0.5, 0.6) is 5.75 Å². The Bertz CT molecular complexity index is 761. The van der Waals surface area contributed by atoms with Gasteiger partial charge < -0.3 is 24.8 Å². The van der Waals surface area contributed by atoms with Crippen molar-refractivity contribution < 1.29 is 24.2 Å². The number of nitrogens with one attached hydrogen (secondary N) is 1. The van der Waals surface area contributed by atoms with Crippen LogP contribution >= 0.6 is 0 Å². The molecule has 7 nitrogen and oxygen atoms in total. The Morgan fingerprint density at radius 2 is 2.04 bits per heavy atom. The Hall–Kier alpha value is -2.12. The maximum absolute atomic E-state index is 12.1. The second kappa shape index (κ2) is 7.72. The molecule has 2 aliphatic heterocycles. The molecule has 2 N–H and O–H groups in total. The summed E-state index contributed by atoms with van der Waals surface area (Å²) in [4.78, 5) is 25.8. The number of carbonyl (C=O) groups is 2. The van der Waals surface area contributed by atoms with E-state index in [0.717, 1.165) is 29.8 Å². The van der Waals surface area contributed by atoms with Gasteiger partial charge in [-0.25, -0.2) is 0 Å². The number of carbonyl (C=O) groups excluding carboxylic acids is 2. The lowest BCUT2D eigenvalue weighted by atomic mass is 9.84. The molecular formula is C21H28N2O5. The zero-order valence-electron chi connectivity index (χ0n) is 16.4. The van der Waals surface area contributed by atoms with E-state index in [4.69, 9.17) is 9.47 Å². The number of amides is 2. The lowest BCUT2D eigenvalue weighted by molar-refractivity contribution is -0.147. The molecule has 7 heteroatoms. The number of aliphatic hydroxyl groups is 1. The van der Waals surface area contributed by atoms with Crippen LogP contribution < -0.4 is 10.1 Å². The van der Waals surface area contributed by atoms with Crippen LogP contribution in [0.15, 0.2) is 18.2 Å². The van der Waals surface area contributed by atoms with Gasteiger partial charge in [-0.15, -0.1) is 0 Å². The van der Waals surface area contributed by atoms with E-state index in [1.165, 1.54) is 0 Å². The van der Waals surface area contributed by atoms with Crippen molar-refractivity contribution in [1.82, 2.24) is 4.90 Å². The van der Waals surface area contributed by atoms with E-state index in [2.05, 4.69) is 5.32 Å². The smallest absolute Gasteiger partial charge is 0.224 e. The van der Waals surface area contributed by atoms with E-state index in [9.17, 15) is 14.7 Å². The summed E-state index contributed by atoms with van der Waals surface area (Å²) >= 11 is 0. The fourth-order valence-electron chi connectivity index (χ4n) is 4.14. The molecule has 4 atom stereocenters. The molecule has 0 bridgehead atoms. The summed E-state index contributed by atoms with van der Waals surface area (Å²) in [6, 6.07) is 5.69. The van der Waals surface area contributed by atoms with Crippen LogP contribution in [-0.4, -0.2) is 60.8 Å². The first-order chi connectivity index (χ1) is 13.4. The van der Waals surface area contributed by atoms with Crippen molar-refractivity contribution in [2.45, 2.75) is 56.3 Å². The first kappa shape index (κ1) is 19.2. The van der Waals surface area contributed by atoms with E-state index >= 15 is 0 Å². The van der Waals surface area contributed by atoms with Crippen LogP contribution in [0.4, 0.5) is 5.69 Å². The third kappa shape index (κ3) is 4.00. The Kier molecular flexibility index (Phi) is 5.29. The number of aliphatic hydroxyl groups excluding tert-OH is 1. The van der Waals surface area contributed by atoms with Gasteiger partial charge in [0.2, 0.25) is 11.8 Å². The lowest BCUT2D eigenvalue weighted by Gasteiger charge is -2.37. The second-order valence-corrected chi connectivity index (χ2v) is 8.34. The molecule has 2 fully saturated rings. The topological polar surface area (TPSA) is 88.1 Å². The van der Waals surface area contributed by atoms with Gasteiger partial charge in [-0.2, -0.15) is 0 Å². The third-order valence-corrected chi connectivity index (χ3v) is 5.86. The van der Waals surface area contributed by atoms with E-state index in [-0.39, 0.29) is 43.0 Å². The predicted molar refractivity (Wildman–Crippen MR) is 103 cm³/mol. The molecule has 0 unspecified atom stereocenters. The van der Waals surface area contributed by atoms with Gasteiger partial charge in [-0.3, -0.25) is 9.59 Å². The number of rotatable bonds is 6. The Balaban J connectivity index is 1.50. The van der Waals surface area contributed by atoms with Gasteiger partial charge in [-0.05, 0) is 43.4 Å². The zero-order chi connectivity index (χ0) is 19.8. The standard InChI is InChI=1S/C21H28N2O5/c1-23(2)20(26)10-14-9-16-15-8-13(22-19(25)7-12-3-4-12)5-6-17(15)28-21(16)18(11-24)27-14/h5-6,8,12,14,16,18,21,24H,3-4,7,9-11H2,1-2H3,(H,22,25)/t14-,16+,18-,21-/m1/s1. The van der Waals surface area contributed by atoms with Crippen LogP contribution in [0.1, 0.15) is 43.6 Å². The molecule has 28 heavy (non-hydrogen) atoms. The van der Waals surface area contributed by atoms with Crippen molar-refractivity contribution in [3.8, 4) is 5.75 Å². The van der Waals surface area contributed by atoms with E-state index in [1.807, 2.05) is 18.2 Å². The third-order valence-electron chi connectivity index (χ3n) is 5.86. The van der Waals surface area contributed by atoms with Crippen LogP contribution in [0, 0.1) is 5.92 Å². The molecule has 1 saturated heterocycles. The molecule has 2 amide bonds. The molecule has 0 spiro atoms. The molecule has 2 heterocycles. The van der Waals surface area contributed by atoms with Crippen LogP contribution in [0.3, 0.4) is 0 Å². The largest absolute Gasteiger partial charge is 0.487 e. The van der Waals surface area contributed by atoms with Gasteiger partial charge in [0.05, 0.1) is 19.1 Å². The number of hydrogen-bond acceptors (Lipinski definition) is 5. The van der Waals surface area contributed by atoms with Crippen molar-refractivity contribution in [2.75, 3.05) is 26.0 Å². The highest BCUT2D eigenvalue weighted by molar-refractivity contribution is 5.91. The maximum atomic E-state index is 12.1. The highest BCUT2D eigenvalue weighted by atomic mass is 16.6. The van der Waals surface area contributed by atoms with Gasteiger partial charge in [0.25, 0.3) is 0 Å². The normalized spacial score (nSPS) is 28.1. The molecule has 1 aliphatic carbocycles. The summed E-state index contributed by atoms with van der Waals surface area (Å²) in [6.45, 7) is -0.160. The highest BCUT2D eigenvalue weighted by Crippen LogP contribution is 2.47. The zero-order valence-corrected chi connectivity index (χ0v) is 16.4. The van der Waals surface area contributed by atoms with Gasteiger partial charge in [0, 0.05) is 37.7 Å². The number of anilines is 1. The van der Waals surface area contributed by atoms with Gasteiger partial charge in [0.15, 0.2) is 0 Å². The molecular weight excluding hydrogens is 360 g/mol. The van der Waals surface area contributed by atoms with Crippen molar-refractivity contribution >= 4 is 17.5 Å². The predicted octanol–water partition coefficient (Wildman–Crippen LogP) is 1.90. The van der Waals surface area contributed by atoms with Crippen LogP contribution in [0.25, 0.3) is 0 Å². The number of ether oxygens (including phenoxy) is 2. The van der Waals surface area contributed by atoms with Gasteiger partial charge in [-0.1, -0.05) is 0 Å². The molecule has 0 aromatic heterocycles. The summed E-state index contributed by atoms with van der Waals surface area (Å²) in [5.74, 6) is 1.38. The second-order valence-electron chi connectivity index (χ2n) is 8.34. The highest BCUT2D eigenvalue weighted by Gasteiger charge is 2.46. The number of benzene rings is 1. The summed E-state index contributed by atoms with van der Waals surface area (Å²) in [7, 11) is 3.45. The summed E-state index contributed by atoms with van der Waals surface area (Å²) in [5, 5.41) is 12.8. The molecule has 152 valence electrons. The van der Waals surface area contributed by atoms with Crippen molar-refractivity contribution in [3.63, 3.8) is 0 Å². The average molecular weight is 388 g/mol. The molecule has 1 aromatic rings. The Morgan fingerprint density at radius 1 is 1.25 bits per heavy atom. The molecule has 3 aliphatic rings. The maximum Gasteiger partial charge on any atom is 0.224 e. The van der Waals surface area contributed by atoms with Crippen LogP contribution in [-0.2, 0) is 14.3 Å². The van der Waals surface area contributed by atoms with E-state index in [0.29, 0.717) is 18.8 Å². The summed E-state index contributed by atoms with van der Waals surface area (Å²) < 4.78 is 12.0. The van der Waals surface area contributed by atoms with E-state index in [1.54, 1.807) is 19.0 Å². The average Bonchev–Trinajstić information content (AvgIpc) is 3.39. The fourth-order valence-corrected chi connectivity index (χ4v) is 4.14. The minimum Gasteiger partial charge on any atom is -0.487 e. The van der Waals surface area contributed by atoms with Crippen molar-refractivity contribution in [2.24, 2.45) is 5.92 Å². The molecule has 4 rings (SSSR count). The first-order valence-electron chi connectivity index (χ1n) is 10.0. The quantitative estimate of drug-likeness (QED) is 0.777. The monoisotopic (exact) mass is 388 g/mol. The number of fused-ring (bicyclic) bond motifs is 3. The van der Waals surface area contributed by atoms with Gasteiger partial charge >= 0.3 is 0 Å². The van der Waals surface area contributed by atoms with Crippen molar-refractivity contribution in [3.05, 3.63) is 23.8 Å². The summed E-state index contributed by atoms with van der Waals surface area (Å²) in [6.07, 6.45) is 2.77. The summed E-state index contributed by atoms with van der Waals surface area (Å²) in [5.41, 5.74) is 1.78. The first-order valence-corrected chi connectivity index (χ1v) is 10.0. The lowest BCUT2D eigenvalue weighted by Crippen LogP contribution is -2.47. The number of hydrogen-bond donors (Lipinski definition) is 2. The molecule has 1 aromatic carbocycles. The SMILES string of the molecule is CN(C)C(=O)C[C@H]1C[C@H]2c3cc(NC(=O)CC4CC4)ccc3O[C@H]2[C@@H](CO)O1. The van der Waals surface area contributed by atoms with Crippen LogP contribution in [0.2, 0.25) is 0 Å². The molecule has 0 radical (unpaired) electrons. The Labute approximate surface area is 165 Å². The molecule has 1 saturated carbocycles. The van der Waals surface area contributed by atoms with E-state index < -0.39 is 6.10 Å². The van der Waals surface area contributed by atoms with Crippen molar-refractivity contribution in [1.29, 1.82) is 0 Å². The number of nitrogens with zero attached hydrogens (tertiary/aromatic N) is 1. The minimum atomic E-state index is -0.473. The fraction of sp³-hybridized carbons (Fsp3) is 0.619. The van der Waals surface area contributed by atoms with Gasteiger partial charge in [0.1, 0.15) is 18.0 Å². The minimum absolute atomic E-state index is 0.000341. The Morgan fingerprint density at radius 3 is 2.71 bits per heavy atom.